The molecule has 0 aromatic heterocycles. The summed E-state index contributed by atoms with van der Waals surface area (Å²) < 4.78 is 5.08. The molecule has 4 heteroatoms. The van der Waals surface area contributed by atoms with Gasteiger partial charge in [0.25, 0.3) is 0 Å². The zero-order chi connectivity index (χ0) is 12.7. The first-order valence-electron chi connectivity index (χ1n) is 5.98. The number of carbonyl (C=O) groups is 1. The minimum atomic E-state index is -0.428. The molecule has 0 heterocycles. The van der Waals surface area contributed by atoms with Crippen molar-refractivity contribution in [2.24, 2.45) is 17.6 Å². The molecule has 0 rings (SSSR count). The summed E-state index contributed by atoms with van der Waals surface area (Å²) in [7, 11) is 1.64. The Balaban J connectivity index is 4.28. The molecule has 0 saturated carbocycles. The summed E-state index contributed by atoms with van der Waals surface area (Å²) in [5.41, 5.74) is 5.86. The molecule has 0 aromatic rings. The number of nitrogens with one attached hydrogen (secondary N) is 1. The van der Waals surface area contributed by atoms with Crippen LogP contribution in [-0.4, -0.2) is 31.7 Å². The van der Waals surface area contributed by atoms with Gasteiger partial charge >= 0.3 is 0 Å². The van der Waals surface area contributed by atoms with Gasteiger partial charge in [-0.3, -0.25) is 4.79 Å². The van der Waals surface area contributed by atoms with Crippen molar-refractivity contribution in [2.45, 2.75) is 46.2 Å². The van der Waals surface area contributed by atoms with Gasteiger partial charge in [0.2, 0.25) is 5.91 Å². The largest absolute Gasteiger partial charge is 0.383 e. The number of methoxy groups -OCH3 is 1. The zero-order valence-corrected chi connectivity index (χ0v) is 11.1. The van der Waals surface area contributed by atoms with Gasteiger partial charge in [0.05, 0.1) is 18.7 Å². The molecule has 0 saturated heterocycles. The molecule has 0 bridgehead atoms. The van der Waals surface area contributed by atoms with Crippen LogP contribution in [0.1, 0.15) is 34.1 Å². The van der Waals surface area contributed by atoms with E-state index in [0.29, 0.717) is 12.5 Å². The van der Waals surface area contributed by atoms with Gasteiger partial charge < -0.3 is 15.8 Å². The van der Waals surface area contributed by atoms with Gasteiger partial charge in [-0.15, -0.1) is 0 Å². The van der Waals surface area contributed by atoms with Gasteiger partial charge in [-0.25, -0.2) is 0 Å². The maximum Gasteiger partial charge on any atom is 0.237 e. The van der Waals surface area contributed by atoms with Gasteiger partial charge in [0, 0.05) is 7.11 Å². The van der Waals surface area contributed by atoms with Crippen molar-refractivity contribution in [3.8, 4) is 0 Å². The van der Waals surface area contributed by atoms with Crippen LogP contribution in [0.15, 0.2) is 0 Å². The van der Waals surface area contributed by atoms with Crippen molar-refractivity contribution in [2.75, 3.05) is 13.7 Å². The van der Waals surface area contributed by atoms with E-state index in [1.807, 2.05) is 13.8 Å². The Morgan fingerprint density at radius 1 is 1.38 bits per heavy atom. The van der Waals surface area contributed by atoms with E-state index in [0.717, 1.165) is 6.42 Å². The van der Waals surface area contributed by atoms with E-state index in [1.165, 1.54) is 0 Å². The predicted molar refractivity (Wildman–Crippen MR) is 66.1 cm³/mol. The number of nitrogens with two attached hydrogens (primary N) is 1. The Kier molecular flexibility index (Phi) is 7.34. The third-order valence-electron chi connectivity index (χ3n) is 3.04. The standard InChI is InChI=1S/C12H26N2O2/c1-6-9(4)11(13)12(15)14-10(7-16-5)8(2)3/h8-11H,6-7,13H2,1-5H3,(H,14,15)/t9?,10?,11-/m0/s1. The fraction of sp³-hybridized carbons (Fsp3) is 0.917. The van der Waals surface area contributed by atoms with Crippen LogP contribution in [0.2, 0.25) is 0 Å². The Morgan fingerprint density at radius 3 is 2.31 bits per heavy atom. The third-order valence-corrected chi connectivity index (χ3v) is 3.04. The minimum Gasteiger partial charge on any atom is -0.383 e. The number of carbonyl (C=O) groups excluding carboxylic acids is 1. The SMILES string of the molecule is CCC(C)[C@H](N)C(=O)NC(COC)C(C)C. The molecule has 4 nitrogen and oxygen atoms in total. The highest BCUT2D eigenvalue weighted by atomic mass is 16.5. The normalized spacial score (nSPS) is 16.9. The second-order valence-corrected chi connectivity index (χ2v) is 4.73. The zero-order valence-electron chi connectivity index (χ0n) is 11.1. The lowest BCUT2D eigenvalue weighted by Gasteiger charge is -2.25. The Labute approximate surface area is 98.9 Å². The highest BCUT2D eigenvalue weighted by molar-refractivity contribution is 5.82. The highest BCUT2D eigenvalue weighted by Crippen LogP contribution is 2.07. The summed E-state index contributed by atoms with van der Waals surface area (Å²) >= 11 is 0. The molecule has 1 amide bonds. The lowest BCUT2D eigenvalue weighted by molar-refractivity contribution is -0.124. The van der Waals surface area contributed by atoms with Crippen LogP contribution < -0.4 is 11.1 Å². The summed E-state index contributed by atoms with van der Waals surface area (Å²) in [5.74, 6) is 0.466. The van der Waals surface area contributed by atoms with Crippen molar-refractivity contribution in [1.29, 1.82) is 0 Å². The molecule has 2 unspecified atom stereocenters. The van der Waals surface area contributed by atoms with E-state index in [9.17, 15) is 4.79 Å². The first kappa shape index (κ1) is 15.4. The van der Waals surface area contributed by atoms with Crippen molar-refractivity contribution in [3.05, 3.63) is 0 Å². The summed E-state index contributed by atoms with van der Waals surface area (Å²) in [6, 6.07) is -0.393. The monoisotopic (exact) mass is 230 g/mol. The van der Waals surface area contributed by atoms with E-state index in [4.69, 9.17) is 10.5 Å². The fourth-order valence-electron chi connectivity index (χ4n) is 1.37. The van der Waals surface area contributed by atoms with E-state index in [-0.39, 0.29) is 17.9 Å². The third kappa shape index (κ3) is 4.94. The minimum absolute atomic E-state index is 0.0348. The van der Waals surface area contributed by atoms with Gasteiger partial charge in [-0.1, -0.05) is 34.1 Å². The van der Waals surface area contributed by atoms with Gasteiger partial charge in [0.15, 0.2) is 0 Å². The maximum atomic E-state index is 11.8. The van der Waals surface area contributed by atoms with Crippen molar-refractivity contribution >= 4 is 5.91 Å². The average molecular weight is 230 g/mol. The molecule has 3 atom stereocenters. The number of hydrogen-bond acceptors (Lipinski definition) is 3. The Bertz CT molecular complexity index is 207. The van der Waals surface area contributed by atoms with Crippen LogP contribution in [0.4, 0.5) is 0 Å². The van der Waals surface area contributed by atoms with Crippen LogP contribution in [0, 0.1) is 11.8 Å². The van der Waals surface area contributed by atoms with Crippen LogP contribution in [0.5, 0.6) is 0 Å². The predicted octanol–water partition coefficient (Wildman–Crippen LogP) is 1.15. The smallest absolute Gasteiger partial charge is 0.237 e. The second-order valence-electron chi connectivity index (χ2n) is 4.73. The number of hydrogen-bond donors (Lipinski definition) is 2. The summed E-state index contributed by atoms with van der Waals surface area (Å²) in [6.07, 6.45) is 0.908. The molecule has 3 N–H and O–H groups in total. The summed E-state index contributed by atoms with van der Waals surface area (Å²) in [4.78, 5) is 11.8. The highest BCUT2D eigenvalue weighted by Gasteiger charge is 2.23. The lowest BCUT2D eigenvalue weighted by Crippen LogP contribution is -2.51. The Hall–Kier alpha value is -0.610. The van der Waals surface area contributed by atoms with Crippen LogP contribution in [-0.2, 0) is 9.53 Å². The topological polar surface area (TPSA) is 64.4 Å². The molecule has 16 heavy (non-hydrogen) atoms. The quantitative estimate of drug-likeness (QED) is 0.689. The maximum absolute atomic E-state index is 11.8. The van der Waals surface area contributed by atoms with Gasteiger partial charge in [-0.05, 0) is 11.8 Å². The summed E-state index contributed by atoms with van der Waals surface area (Å²) in [5, 5.41) is 2.94. The molecule has 0 spiro atoms. The second kappa shape index (κ2) is 7.63. The molecule has 0 aliphatic rings. The first-order valence-corrected chi connectivity index (χ1v) is 5.98. The molecular formula is C12H26N2O2. The van der Waals surface area contributed by atoms with E-state index < -0.39 is 6.04 Å². The van der Waals surface area contributed by atoms with E-state index in [2.05, 4.69) is 19.2 Å². The number of rotatable bonds is 7. The van der Waals surface area contributed by atoms with Crippen LogP contribution >= 0.6 is 0 Å². The van der Waals surface area contributed by atoms with Crippen LogP contribution in [0.25, 0.3) is 0 Å². The Morgan fingerprint density at radius 2 is 1.94 bits per heavy atom. The molecule has 0 aliphatic carbocycles. The number of ether oxygens (including phenoxy) is 1. The molecule has 96 valence electrons. The molecular weight excluding hydrogens is 204 g/mol. The van der Waals surface area contributed by atoms with Crippen molar-refractivity contribution in [1.82, 2.24) is 5.32 Å². The average Bonchev–Trinajstić information content (AvgIpc) is 2.25. The lowest BCUT2D eigenvalue weighted by atomic mass is 9.98. The molecule has 0 aromatic carbocycles. The van der Waals surface area contributed by atoms with Gasteiger partial charge in [0.1, 0.15) is 0 Å². The molecule has 0 aliphatic heterocycles. The van der Waals surface area contributed by atoms with E-state index in [1.54, 1.807) is 7.11 Å². The van der Waals surface area contributed by atoms with Crippen LogP contribution in [0.3, 0.4) is 0 Å². The first-order chi connectivity index (χ1) is 7.43. The van der Waals surface area contributed by atoms with Gasteiger partial charge in [-0.2, -0.15) is 0 Å². The fourth-order valence-corrected chi connectivity index (χ4v) is 1.37. The molecule has 0 fully saturated rings. The summed E-state index contributed by atoms with van der Waals surface area (Å²) in [6.45, 7) is 8.66. The van der Waals surface area contributed by atoms with E-state index >= 15 is 0 Å². The number of amides is 1. The van der Waals surface area contributed by atoms with Crippen molar-refractivity contribution < 1.29 is 9.53 Å². The molecule has 0 radical (unpaired) electrons. The van der Waals surface area contributed by atoms with Crippen molar-refractivity contribution in [3.63, 3.8) is 0 Å².